The van der Waals surface area contributed by atoms with Gasteiger partial charge in [-0.25, -0.2) is 5.84 Å². The first kappa shape index (κ1) is 9.82. The van der Waals surface area contributed by atoms with Gasteiger partial charge in [-0.2, -0.15) is 0 Å². The maximum Gasteiger partial charge on any atom is 0.275 e. The number of rotatable bonds is 2. The van der Waals surface area contributed by atoms with Gasteiger partial charge in [-0.15, -0.1) is 11.3 Å². The minimum Gasteiger partial charge on any atom is -0.289 e. The molecule has 0 aromatic carbocycles. The number of hydrogen-bond acceptors (Lipinski definition) is 4. The molecule has 2 aromatic rings. The van der Waals surface area contributed by atoms with E-state index in [-0.39, 0.29) is 5.91 Å². The van der Waals surface area contributed by atoms with Crippen molar-refractivity contribution in [2.45, 2.75) is 0 Å². The lowest BCUT2D eigenvalue weighted by Crippen LogP contribution is -2.29. The zero-order valence-electron chi connectivity index (χ0n) is 7.81. The van der Waals surface area contributed by atoms with E-state index < -0.39 is 0 Å². The molecule has 0 aliphatic rings. The minimum absolute atomic E-state index is 0.276. The number of thiophene rings is 1. The standard InChI is InChI=1S/C10H9N3OS/c11-13-10(14)9-5-4-8(15-9)7-3-1-2-6-12-7/h1-6H,11H2,(H,13,14). The molecule has 4 nitrogen and oxygen atoms in total. The molecule has 3 N–H and O–H groups in total. The minimum atomic E-state index is -0.276. The Morgan fingerprint density at radius 2 is 2.20 bits per heavy atom. The Morgan fingerprint density at radius 3 is 2.87 bits per heavy atom. The van der Waals surface area contributed by atoms with Gasteiger partial charge in [0, 0.05) is 6.20 Å². The van der Waals surface area contributed by atoms with Gasteiger partial charge in [-0.05, 0) is 24.3 Å². The number of amides is 1. The highest BCUT2D eigenvalue weighted by Crippen LogP contribution is 2.25. The van der Waals surface area contributed by atoms with Crippen molar-refractivity contribution in [3.05, 3.63) is 41.4 Å². The maximum atomic E-state index is 11.2. The second-order valence-electron chi connectivity index (χ2n) is 2.85. The number of nitrogens with zero attached hydrogens (tertiary/aromatic N) is 1. The molecular weight excluding hydrogens is 210 g/mol. The fourth-order valence-electron chi connectivity index (χ4n) is 1.18. The molecule has 5 heteroatoms. The van der Waals surface area contributed by atoms with Crippen molar-refractivity contribution in [3.8, 4) is 10.6 Å². The van der Waals surface area contributed by atoms with Crippen LogP contribution in [0.2, 0.25) is 0 Å². The normalized spacial score (nSPS) is 9.93. The summed E-state index contributed by atoms with van der Waals surface area (Å²) < 4.78 is 0. The SMILES string of the molecule is NNC(=O)c1ccc(-c2ccccn2)s1. The van der Waals surface area contributed by atoms with Crippen LogP contribution in [0.5, 0.6) is 0 Å². The Bertz CT molecular complexity index is 467. The van der Waals surface area contributed by atoms with Gasteiger partial charge in [0.2, 0.25) is 0 Å². The van der Waals surface area contributed by atoms with Crippen LogP contribution in [-0.2, 0) is 0 Å². The molecule has 15 heavy (non-hydrogen) atoms. The lowest BCUT2D eigenvalue weighted by atomic mass is 10.3. The fourth-order valence-corrected chi connectivity index (χ4v) is 2.06. The van der Waals surface area contributed by atoms with E-state index in [1.54, 1.807) is 12.3 Å². The molecular formula is C10H9N3OS. The molecule has 2 aromatic heterocycles. The summed E-state index contributed by atoms with van der Waals surface area (Å²) >= 11 is 1.36. The van der Waals surface area contributed by atoms with E-state index in [0.29, 0.717) is 4.88 Å². The number of hydrogen-bond donors (Lipinski definition) is 2. The van der Waals surface area contributed by atoms with Crippen LogP contribution >= 0.6 is 11.3 Å². The summed E-state index contributed by atoms with van der Waals surface area (Å²) in [7, 11) is 0. The second-order valence-corrected chi connectivity index (χ2v) is 3.94. The van der Waals surface area contributed by atoms with Crippen LogP contribution in [0, 0.1) is 0 Å². The predicted molar refractivity (Wildman–Crippen MR) is 59.2 cm³/mol. The molecule has 0 spiro atoms. The molecule has 2 rings (SSSR count). The van der Waals surface area contributed by atoms with E-state index in [9.17, 15) is 4.79 Å². The Labute approximate surface area is 90.7 Å². The Morgan fingerprint density at radius 1 is 1.33 bits per heavy atom. The fraction of sp³-hybridized carbons (Fsp3) is 0. The van der Waals surface area contributed by atoms with Crippen LogP contribution in [-0.4, -0.2) is 10.9 Å². The summed E-state index contributed by atoms with van der Waals surface area (Å²) in [6.07, 6.45) is 1.72. The number of pyridine rings is 1. The van der Waals surface area contributed by atoms with Crippen LogP contribution in [0.25, 0.3) is 10.6 Å². The lowest BCUT2D eigenvalue weighted by Gasteiger charge is -1.94. The molecule has 0 saturated carbocycles. The molecule has 0 aliphatic heterocycles. The van der Waals surface area contributed by atoms with Crippen molar-refractivity contribution >= 4 is 17.2 Å². The quantitative estimate of drug-likeness (QED) is 0.456. The molecule has 76 valence electrons. The number of carbonyl (C=O) groups excluding carboxylic acids is 1. The maximum absolute atomic E-state index is 11.2. The molecule has 0 aliphatic carbocycles. The van der Waals surface area contributed by atoms with E-state index in [4.69, 9.17) is 5.84 Å². The Kier molecular flexibility index (Phi) is 2.75. The molecule has 0 fully saturated rings. The van der Waals surface area contributed by atoms with E-state index in [1.807, 2.05) is 24.3 Å². The molecule has 0 atom stereocenters. The Hall–Kier alpha value is -1.72. The third kappa shape index (κ3) is 2.03. The zero-order valence-corrected chi connectivity index (χ0v) is 8.62. The predicted octanol–water partition coefficient (Wildman–Crippen LogP) is 1.41. The highest BCUT2D eigenvalue weighted by atomic mass is 32.1. The summed E-state index contributed by atoms with van der Waals surface area (Å²) in [5.74, 6) is 4.77. The van der Waals surface area contributed by atoms with Crippen molar-refractivity contribution in [2.24, 2.45) is 5.84 Å². The van der Waals surface area contributed by atoms with Gasteiger partial charge in [-0.1, -0.05) is 6.07 Å². The topological polar surface area (TPSA) is 68.0 Å². The van der Waals surface area contributed by atoms with Crippen LogP contribution < -0.4 is 11.3 Å². The van der Waals surface area contributed by atoms with E-state index in [0.717, 1.165) is 10.6 Å². The van der Waals surface area contributed by atoms with Gasteiger partial charge >= 0.3 is 0 Å². The molecule has 0 radical (unpaired) electrons. The smallest absolute Gasteiger partial charge is 0.275 e. The van der Waals surface area contributed by atoms with Crippen LogP contribution in [0.15, 0.2) is 36.5 Å². The summed E-state index contributed by atoms with van der Waals surface area (Å²) in [6, 6.07) is 9.25. The first-order valence-electron chi connectivity index (χ1n) is 4.33. The monoisotopic (exact) mass is 219 g/mol. The number of aromatic nitrogens is 1. The first-order valence-corrected chi connectivity index (χ1v) is 5.15. The van der Waals surface area contributed by atoms with Crippen molar-refractivity contribution in [3.63, 3.8) is 0 Å². The second kappa shape index (κ2) is 4.20. The van der Waals surface area contributed by atoms with Crippen molar-refractivity contribution in [2.75, 3.05) is 0 Å². The van der Waals surface area contributed by atoms with E-state index in [1.165, 1.54) is 11.3 Å². The van der Waals surface area contributed by atoms with Gasteiger partial charge in [0.25, 0.3) is 5.91 Å². The van der Waals surface area contributed by atoms with Gasteiger partial charge in [-0.3, -0.25) is 15.2 Å². The van der Waals surface area contributed by atoms with Crippen LogP contribution in [0.1, 0.15) is 9.67 Å². The van der Waals surface area contributed by atoms with Gasteiger partial charge < -0.3 is 0 Å². The average Bonchev–Trinajstić information content (AvgIpc) is 2.78. The highest BCUT2D eigenvalue weighted by molar-refractivity contribution is 7.17. The third-order valence-electron chi connectivity index (χ3n) is 1.88. The summed E-state index contributed by atoms with van der Waals surface area (Å²) in [5.41, 5.74) is 2.96. The number of hydrazine groups is 1. The summed E-state index contributed by atoms with van der Waals surface area (Å²) in [6.45, 7) is 0. The molecule has 0 bridgehead atoms. The largest absolute Gasteiger partial charge is 0.289 e. The molecule has 1 amide bonds. The molecule has 0 unspecified atom stereocenters. The van der Waals surface area contributed by atoms with E-state index >= 15 is 0 Å². The lowest BCUT2D eigenvalue weighted by molar-refractivity contribution is 0.0957. The van der Waals surface area contributed by atoms with Crippen LogP contribution in [0.4, 0.5) is 0 Å². The van der Waals surface area contributed by atoms with Crippen molar-refractivity contribution < 1.29 is 4.79 Å². The van der Waals surface area contributed by atoms with Crippen molar-refractivity contribution in [1.82, 2.24) is 10.4 Å². The van der Waals surface area contributed by atoms with Gasteiger partial charge in [0.15, 0.2) is 0 Å². The summed E-state index contributed by atoms with van der Waals surface area (Å²) in [5, 5.41) is 0. The highest BCUT2D eigenvalue weighted by Gasteiger charge is 2.08. The third-order valence-corrected chi connectivity index (χ3v) is 2.98. The van der Waals surface area contributed by atoms with Gasteiger partial charge in [0.1, 0.15) is 0 Å². The zero-order chi connectivity index (χ0) is 10.7. The first-order chi connectivity index (χ1) is 7.31. The molecule has 2 heterocycles. The number of carbonyl (C=O) groups is 1. The number of nitrogen functional groups attached to an aromatic ring is 1. The number of nitrogens with one attached hydrogen (secondary N) is 1. The van der Waals surface area contributed by atoms with E-state index in [2.05, 4.69) is 10.4 Å². The molecule has 0 saturated heterocycles. The number of nitrogens with two attached hydrogens (primary N) is 1. The Balaban J connectivity index is 2.32. The van der Waals surface area contributed by atoms with Crippen molar-refractivity contribution in [1.29, 1.82) is 0 Å². The van der Waals surface area contributed by atoms with Gasteiger partial charge in [0.05, 0.1) is 15.4 Å². The summed E-state index contributed by atoms with van der Waals surface area (Å²) in [4.78, 5) is 16.9. The average molecular weight is 219 g/mol. The van der Waals surface area contributed by atoms with Crippen LogP contribution in [0.3, 0.4) is 0 Å².